The number of carbonyl (C=O) groups excluding carboxylic acids is 1. The molecular weight excluding hydrogens is 212 g/mol. The maximum absolute atomic E-state index is 11.9. The van der Waals surface area contributed by atoms with Gasteiger partial charge in [-0.25, -0.2) is 0 Å². The van der Waals surface area contributed by atoms with Gasteiger partial charge in [-0.3, -0.25) is 4.79 Å². The maximum Gasteiger partial charge on any atom is 0.235 e. The molecule has 1 aliphatic heterocycles. The second-order valence-electron chi connectivity index (χ2n) is 4.25. The molecule has 1 aromatic rings. The second kappa shape index (κ2) is 2.74. The van der Waals surface area contributed by atoms with Gasteiger partial charge in [-0.15, -0.1) is 0 Å². The molecule has 2 unspecified atom stereocenters. The van der Waals surface area contributed by atoms with Crippen LogP contribution in [0, 0.1) is 5.92 Å². The smallest absolute Gasteiger partial charge is 0.235 e. The van der Waals surface area contributed by atoms with Crippen molar-refractivity contribution in [2.24, 2.45) is 11.7 Å². The van der Waals surface area contributed by atoms with Crippen molar-refractivity contribution in [3.8, 4) is 0 Å². The zero-order valence-electron chi connectivity index (χ0n) is 8.09. The van der Waals surface area contributed by atoms with Crippen LogP contribution in [0.3, 0.4) is 0 Å². The predicted octanol–water partition coefficient (Wildman–Crippen LogP) is 1.51. The number of fused-ring (bicyclic) bond motifs is 2. The molecule has 2 aliphatic rings. The van der Waals surface area contributed by atoms with E-state index in [2.05, 4.69) is 5.32 Å². The van der Waals surface area contributed by atoms with Gasteiger partial charge in [0.25, 0.3) is 0 Å². The van der Waals surface area contributed by atoms with Crippen LogP contribution >= 0.6 is 11.6 Å². The first kappa shape index (κ1) is 9.19. The number of nitrogens with two attached hydrogens (primary N) is 1. The zero-order chi connectivity index (χ0) is 10.6. The van der Waals surface area contributed by atoms with Crippen molar-refractivity contribution >= 4 is 23.2 Å². The molecule has 1 spiro atoms. The molecule has 3 nitrogen and oxygen atoms in total. The van der Waals surface area contributed by atoms with E-state index in [-0.39, 0.29) is 11.3 Å². The van der Waals surface area contributed by atoms with Gasteiger partial charge < -0.3 is 11.1 Å². The van der Waals surface area contributed by atoms with Crippen LogP contribution in [0.4, 0.5) is 5.69 Å². The summed E-state index contributed by atoms with van der Waals surface area (Å²) in [5.74, 6) is 0.371. The molecule has 1 fully saturated rings. The summed E-state index contributed by atoms with van der Waals surface area (Å²) in [5, 5.41) is 3.53. The average Bonchev–Trinajstić information content (AvgIpc) is 2.86. The third-order valence-corrected chi connectivity index (χ3v) is 3.74. The lowest BCUT2D eigenvalue weighted by atomic mass is 9.95. The van der Waals surface area contributed by atoms with E-state index in [4.69, 9.17) is 17.3 Å². The van der Waals surface area contributed by atoms with Gasteiger partial charge in [0, 0.05) is 10.7 Å². The Kier molecular flexibility index (Phi) is 1.68. The Morgan fingerprint density at radius 1 is 1.60 bits per heavy atom. The van der Waals surface area contributed by atoms with Crippen molar-refractivity contribution in [3.05, 3.63) is 28.8 Å². The first-order valence-electron chi connectivity index (χ1n) is 5.00. The van der Waals surface area contributed by atoms with Crippen LogP contribution in [0.1, 0.15) is 12.0 Å². The fraction of sp³-hybridized carbons (Fsp3) is 0.364. The number of benzene rings is 1. The molecule has 0 radical (unpaired) electrons. The minimum absolute atomic E-state index is 0.0789. The van der Waals surface area contributed by atoms with Gasteiger partial charge in [0.15, 0.2) is 0 Å². The lowest BCUT2D eigenvalue weighted by Crippen LogP contribution is -2.23. The molecule has 0 saturated heterocycles. The van der Waals surface area contributed by atoms with E-state index < -0.39 is 0 Å². The number of halogens is 1. The molecule has 1 aromatic carbocycles. The lowest BCUT2D eigenvalue weighted by molar-refractivity contribution is -0.118. The van der Waals surface area contributed by atoms with Gasteiger partial charge >= 0.3 is 0 Å². The highest BCUT2D eigenvalue weighted by atomic mass is 35.5. The Morgan fingerprint density at radius 2 is 2.40 bits per heavy atom. The van der Waals surface area contributed by atoms with E-state index >= 15 is 0 Å². The molecule has 3 N–H and O–H groups in total. The number of hydrogen-bond acceptors (Lipinski definition) is 2. The molecule has 1 heterocycles. The van der Waals surface area contributed by atoms with Gasteiger partial charge in [0.2, 0.25) is 5.91 Å². The van der Waals surface area contributed by atoms with Crippen molar-refractivity contribution in [1.82, 2.24) is 0 Å². The van der Waals surface area contributed by atoms with E-state index in [0.717, 1.165) is 17.7 Å². The summed E-state index contributed by atoms with van der Waals surface area (Å²) in [6, 6.07) is 5.56. The topological polar surface area (TPSA) is 55.1 Å². The van der Waals surface area contributed by atoms with Crippen LogP contribution < -0.4 is 11.1 Å². The van der Waals surface area contributed by atoms with Crippen molar-refractivity contribution in [3.63, 3.8) is 0 Å². The van der Waals surface area contributed by atoms with Crippen molar-refractivity contribution in [2.45, 2.75) is 11.8 Å². The summed E-state index contributed by atoms with van der Waals surface area (Å²) < 4.78 is 0. The number of hydrogen-bond donors (Lipinski definition) is 2. The summed E-state index contributed by atoms with van der Waals surface area (Å²) >= 11 is 5.88. The molecular formula is C11H11ClN2O. The quantitative estimate of drug-likeness (QED) is 0.757. The molecule has 78 valence electrons. The summed E-state index contributed by atoms with van der Waals surface area (Å²) in [7, 11) is 0. The highest BCUT2D eigenvalue weighted by Gasteiger charge is 2.63. The summed E-state index contributed by atoms with van der Waals surface area (Å²) in [5.41, 5.74) is 7.21. The van der Waals surface area contributed by atoms with Gasteiger partial charge in [-0.1, -0.05) is 17.7 Å². The number of anilines is 1. The van der Waals surface area contributed by atoms with E-state index in [9.17, 15) is 4.79 Å². The van der Waals surface area contributed by atoms with Gasteiger partial charge in [0.1, 0.15) is 0 Å². The van der Waals surface area contributed by atoms with E-state index in [1.165, 1.54) is 0 Å². The zero-order valence-corrected chi connectivity index (χ0v) is 8.84. The normalized spacial score (nSPS) is 31.6. The molecule has 15 heavy (non-hydrogen) atoms. The highest BCUT2D eigenvalue weighted by Crippen LogP contribution is 2.59. The fourth-order valence-electron chi connectivity index (χ4n) is 2.59. The maximum atomic E-state index is 11.9. The monoisotopic (exact) mass is 222 g/mol. The number of nitrogens with one attached hydrogen (secondary N) is 1. The van der Waals surface area contributed by atoms with Gasteiger partial charge in [-0.2, -0.15) is 0 Å². The van der Waals surface area contributed by atoms with Crippen LogP contribution in [0.15, 0.2) is 18.2 Å². The minimum atomic E-state index is -0.339. The molecule has 1 aliphatic carbocycles. The number of carbonyl (C=O) groups is 1. The predicted molar refractivity (Wildman–Crippen MR) is 58.9 cm³/mol. The lowest BCUT2D eigenvalue weighted by Gasteiger charge is -2.06. The van der Waals surface area contributed by atoms with Crippen molar-refractivity contribution < 1.29 is 4.79 Å². The Labute approximate surface area is 92.6 Å². The molecule has 0 aromatic heterocycles. The van der Waals surface area contributed by atoms with E-state index in [1.807, 2.05) is 12.1 Å². The third-order valence-electron chi connectivity index (χ3n) is 3.51. The van der Waals surface area contributed by atoms with E-state index in [0.29, 0.717) is 17.5 Å². The Bertz CT molecular complexity index is 460. The van der Waals surface area contributed by atoms with Crippen LogP contribution in [0.2, 0.25) is 5.02 Å². The summed E-state index contributed by atoms with van der Waals surface area (Å²) in [4.78, 5) is 11.9. The molecule has 3 rings (SSSR count). The molecule has 1 amide bonds. The molecule has 2 atom stereocenters. The first-order valence-corrected chi connectivity index (χ1v) is 5.38. The highest BCUT2D eigenvalue weighted by molar-refractivity contribution is 6.31. The van der Waals surface area contributed by atoms with Crippen LogP contribution in [-0.4, -0.2) is 12.5 Å². The first-order chi connectivity index (χ1) is 7.18. The van der Waals surface area contributed by atoms with Crippen LogP contribution in [0.25, 0.3) is 0 Å². The Hall–Kier alpha value is -1.06. The SMILES string of the molecule is NCC1CC12C(=O)Nc1cc(Cl)ccc12. The van der Waals surface area contributed by atoms with Gasteiger partial charge in [-0.05, 0) is 36.6 Å². The Balaban J connectivity index is 2.12. The fourth-order valence-corrected chi connectivity index (χ4v) is 2.76. The average molecular weight is 223 g/mol. The van der Waals surface area contributed by atoms with Crippen LogP contribution in [0.5, 0.6) is 0 Å². The van der Waals surface area contributed by atoms with Crippen molar-refractivity contribution in [2.75, 3.05) is 11.9 Å². The summed E-state index contributed by atoms with van der Waals surface area (Å²) in [6.07, 6.45) is 0.865. The second-order valence-corrected chi connectivity index (χ2v) is 4.69. The van der Waals surface area contributed by atoms with Crippen LogP contribution in [-0.2, 0) is 10.2 Å². The third kappa shape index (κ3) is 1.02. The largest absolute Gasteiger partial charge is 0.330 e. The number of amides is 1. The van der Waals surface area contributed by atoms with Crippen molar-refractivity contribution in [1.29, 1.82) is 0 Å². The van der Waals surface area contributed by atoms with E-state index in [1.54, 1.807) is 6.07 Å². The molecule has 1 saturated carbocycles. The molecule has 0 bridgehead atoms. The standard InChI is InChI=1S/C11H11ClN2O/c12-7-1-2-8-9(3-7)14-10(15)11(8)4-6(11)5-13/h1-3,6H,4-5,13H2,(H,14,15). The number of rotatable bonds is 1. The summed E-state index contributed by atoms with van der Waals surface area (Å²) in [6.45, 7) is 0.565. The molecule has 4 heteroatoms. The minimum Gasteiger partial charge on any atom is -0.330 e. The Morgan fingerprint density at radius 3 is 3.07 bits per heavy atom. The van der Waals surface area contributed by atoms with Gasteiger partial charge in [0.05, 0.1) is 5.41 Å².